The van der Waals surface area contributed by atoms with Crippen LogP contribution in [0.2, 0.25) is 0 Å². The van der Waals surface area contributed by atoms with E-state index in [0.717, 1.165) is 17.5 Å². The molecule has 146 valence electrons. The lowest BCUT2D eigenvalue weighted by molar-refractivity contribution is -0.146. The molecule has 0 aromatic heterocycles. The number of benzene rings is 1. The fourth-order valence-electron chi connectivity index (χ4n) is 4.45. The topological polar surface area (TPSA) is 66.8 Å². The monoisotopic (exact) mass is 483 g/mol. The van der Waals surface area contributed by atoms with Crippen LogP contribution in [0.4, 0.5) is 4.79 Å². The van der Waals surface area contributed by atoms with E-state index in [1.807, 2.05) is 49.1 Å². The van der Waals surface area contributed by atoms with Crippen molar-refractivity contribution in [3.05, 3.63) is 39.5 Å². The summed E-state index contributed by atoms with van der Waals surface area (Å²) >= 11 is 2.18. The number of amides is 1. The van der Waals surface area contributed by atoms with Crippen LogP contribution >= 0.6 is 22.6 Å². The second-order valence-electron chi connectivity index (χ2n) is 8.36. The summed E-state index contributed by atoms with van der Waals surface area (Å²) < 4.78 is 7.51. The summed E-state index contributed by atoms with van der Waals surface area (Å²) in [4.78, 5) is 26.6. The zero-order valence-corrected chi connectivity index (χ0v) is 18.0. The van der Waals surface area contributed by atoms with Crippen LogP contribution in [0.3, 0.4) is 0 Å². The Bertz CT molecular complexity index is 755. The van der Waals surface area contributed by atoms with Gasteiger partial charge in [-0.15, -0.1) is 0 Å². The van der Waals surface area contributed by atoms with Gasteiger partial charge in [-0.25, -0.2) is 4.79 Å². The van der Waals surface area contributed by atoms with E-state index in [-0.39, 0.29) is 24.1 Å². The molecule has 2 fully saturated rings. The van der Waals surface area contributed by atoms with E-state index in [9.17, 15) is 14.7 Å². The number of carbonyl (C=O) groups is 2. The Labute approximate surface area is 173 Å². The Morgan fingerprint density at radius 1 is 1.30 bits per heavy atom. The van der Waals surface area contributed by atoms with Gasteiger partial charge in [-0.3, -0.25) is 4.79 Å². The highest BCUT2D eigenvalue weighted by Crippen LogP contribution is 2.47. The van der Waals surface area contributed by atoms with Gasteiger partial charge in [-0.1, -0.05) is 46.9 Å². The van der Waals surface area contributed by atoms with Crippen molar-refractivity contribution in [1.29, 1.82) is 0 Å². The van der Waals surface area contributed by atoms with E-state index in [4.69, 9.17) is 4.74 Å². The number of halogens is 1. The SMILES string of the molecule is CC(C)(C)OC(=O)N1C2CCC1C(C(=O)O)C(c1cccc(/C=C\I)c1)C2. The molecule has 0 aliphatic carbocycles. The smallest absolute Gasteiger partial charge is 0.410 e. The van der Waals surface area contributed by atoms with Crippen LogP contribution in [-0.2, 0) is 9.53 Å². The summed E-state index contributed by atoms with van der Waals surface area (Å²) in [5.74, 6) is -1.55. The lowest BCUT2D eigenvalue weighted by Crippen LogP contribution is -2.54. The Morgan fingerprint density at radius 2 is 2.04 bits per heavy atom. The molecule has 2 bridgehead atoms. The Kier molecular flexibility index (Phi) is 5.84. The van der Waals surface area contributed by atoms with Crippen molar-refractivity contribution >= 4 is 40.7 Å². The van der Waals surface area contributed by atoms with Gasteiger partial charge in [0.2, 0.25) is 0 Å². The summed E-state index contributed by atoms with van der Waals surface area (Å²) in [6, 6.07) is 7.78. The van der Waals surface area contributed by atoms with Crippen molar-refractivity contribution in [2.45, 2.75) is 63.6 Å². The summed E-state index contributed by atoms with van der Waals surface area (Å²) in [6.07, 6.45) is 3.82. The van der Waals surface area contributed by atoms with Crippen LogP contribution < -0.4 is 0 Å². The molecule has 1 aromatic carbocycles. The maximum Gasteiger partial charge on any atom is 0.410 e. The Morgan fingerprint density at radius 3 is 2.67 bits per heavy atom. The number of aliphatic carboxylic acids is 1. The molecular weight excluding hydrogens is 457 g/mol. The average molecular weight is 483 g/mol. The normalized spacial score (nSPS) is 27.8. The average Bonchev–Trinajstić information content (AvgIpc) is 2.87. The van der Waals surface area contributed by atoms with Gasteiger partial charge in [0, 0.05) is 18.0 Å². The molecular formula is C21H26INO4. The maximum atomic E-state index is 12.7. The predicted octanol–water partition coefficient (Wildman–Crippen LogP) is 5.05. The highest BCUT2D eigenvalue weighted by molar-refractivity contribution is 14.1. The standard InChI is InChI=1S/C21H26INO4/c1-21(2,3)27-20(26)23-15-7-8-17(23)18(19(24)25)16(12-15)14-6-4-5-13(11-14)9-10-22/h4-6,9-11,15-18H,7-8,12H2,1-3H3,(H,24,25)/b10-9-. The zero-order valence-electron chi connectivity index (χ0n) is 15.9. The summed E-state index contributed by atoms with van der Waals surface area (Å²) in [7, 11) is 0. The molecule has 5 nitrogen and oxygen atoms in total. The quantitative estimate of drug-likeness (QED) is 0.612. The van der Waals surface area contributed by atoms with Crippen molar-refractivity contribution in [3.8, 4) is 0 Å². The minimum atomic E-state index is -0.839. The minimum absolute atomic E-state index is 0.0363. The third-order valence-electron chi connectivity index (χ3n) is 5.40. The molecule has 0 radical (unpaired) electrons. The highest BCUT2D eigenvalue weighted by Gasteiger charge is 2.53. The van der Waals surface area contributed by atoms with E-state index in [2.05, 4.69) is 28.7 Å². The number of piperidine rings is 1. The number of fused-ring (bicyclic) bond motifs is 2. The molecule has 1 N–H and O–H groups in total. The lowest BCUT2D eigenvalue weighted by atomic mass is 9.76. The first kappa shape index (κ1) is 20.2. The zero-order chi connectivity index (χ0) is 19.8. The number of hydrogen-bond donors (Lipinski definition) is 1. The van der Waals surface area contributed by atoms with E-state index in [1.54, 1.807) is 4.90 Å². The van der Waals surface area contributed by atoms with Gasteiger partial charge in [0.1, 0.15) is 5.60 Å². The highest BCUT2D eigenvalue weighted by atomic mass is 127. The van der Waals surface area contributed by atoms with Crippen LogP contribution in [0.1, 0.15) is 57.1 Å². The van der Waals surface area contributed by atoms with Crippen LogP contribution in [0.5, 0.6) is 0 Å². The second kappa shape index (κ2) is 7.81. The van der Waals surface area contributed by atoms with E-state index in [0.29, 0.717) is 12.8 Å². The molecule has 2 aliphatic rings. The van der Waals surface area contributed by atoms with Gasteiger partial charge in [-0.2, -0.15) is 0 Å². The number of rotatable bonds is 3. The largest absolute Gasteiger partial charge is 0.481 e. The van der Waals surface area contributed by atoms with Gasteiger partial charge in [0.05, 0.1) is 5.92 Å². The van der Waals surface area contributed by atoms with Crippen LogP contribution in [0.25, 0.3) is 6.08 Å². The summed E-state index contributed by atoms with van der Waals surface area (Å²) in [5.41, 5.74) is 1.51. The molecule has 1 aromatic rings. The summed E-state index contributed by atoms with van der Waals surface area (Å²) in [6.45, 7) is 5.50. The molecule has 2 aliphatic heterocycles. The van der Waals surface area contributed by atoms with Crippen LogP contribution in [0, 0.1) is 5.92 Å². The first-order valence-corrected chi connectivity index (χ1v) is 10.6. The summed E-state index contributed by atoms with van der Waals surface area (Å²) in [5, 5.41) is 10.0. The van der Waals surface area contributed by atoms with Crippen molar-refractivity contribution in [2.24, 2.45) is 5.92 Å². The van der Waals surface area contributed by atoms with Gasteiger partial charge in [0.15, 0.2) is 0 Å². The number of hydrogen-bond acceptors (Lipinski definition) is 3. The minimum Gasteiger partial charge on any atom is -0.481 e. The first-order chi connectivity index (χ1) is 12.7. The number of nitrogens with zero attached hydrogens (tertiary/aromatic N) is 1. The van der Waals surface area contributed by atoms with E-state index < -0.39 is 17.5 Å². The second-order valence-corrected chi connectivity index (χ2v) is 9.07. The molecule has 0 spiro atoms. The number of ether oxygens (including phenoxy) is 1. The Balaban J connectivity index is 1.91. The molecule has 6 heteroatoms. The molecule has 4 atom stereocenters. The van der Waals surface area contributed by atoms with Crippen LogP contribution in [-0.4, -0.2) is 39.8 Å². The lowest BCUT2D eigenvalue weighted by Gasteiger charge is -2.43. The van der Waals surface area contributed by atoms with Gasteiger partial charge in [-0.05, 0) is 61.3 Å². The number of carbonyl (C=O) groups excluding carboxylic acids is 1. The van der Waals surface area contributed by atoms with Crippen LogP contribution in [0.15, 0.2) is 28.3 Å². The molecule has 4 unspecified atom stereocenters. The van der Waals surface area contributed by atoms with Crippen molar-refractivity contribution in [3.63, 3.8) is 0 Å². The van der Waals surface area contributed by atoms with Crippen molar-refractivity contribution in [1.82, 2.24) is 4.90 Å². The van der Waals surface area contributed by atoms with Crippen molar-refractivity contribution in [2.75, 3.05) is 0 Å². The maximum absolute atomic E-state index is 12.7. The Hall–Kier alpha value is -1.57. The van der Waals surface area contributed by atoms with Gasteiger partial charge < -0.3 is 14.7 Å². The third kappa shape index (κ3) is 4.31. The van der Waals surface area contributed by atoms with E-state index >= 15 is 0 Å². The number of carboxylic acids is 1. The molecule has 27 heavy (non-hydrogen) atoms. The fourth-order valence-corrected chi connectivity index (χ4v) is 4.86. The van der Waals surface area contributed by atoms with E-state index in [1.165, 1.54) is 0 Å². The fraction of sp³-hybridized carbons (Fsp3) is 0.524. The molecule has 3 rings (SSSR count). The van der Waals surface area contributed by atoms with Crippen molar-refractivity contribution < 1.29 is 19.4 Å². The third-order valence-corrected chi connectivity index (χ3v) is 5.76. The number of carboxylic acid groups (broad SMARTS) is 1. The molecule has 0 saturated carbocycles. The molecule has 2 heterocycles. The van der Waals surface area contributed by atoms with Gasteiger partial charge >= 0.3 is 12.1 Å². The predicted molar refractivity (Wildman–Crippen MR) is 113 cm³/mol. The molecule has 2 saturated heterocycles. The first-order valence-electron chi connectivity index (χ1n) is 9.32. The molecule has 1 amide bonds. The van der Waals surface area contributed by atoms with Gasteiger partial charge in [0.25, 0.3) is 0 Å².